The maximum Gasteiger partial charge on any atom is 0.268 e. The molecular weight excluding hydrogens is 420 g/mol. The van der Waals surface area contributed by atoms with Crippen molar-refractivity contribution in [3.8, 4) is 5.75 Å². The van der Waals surface area contributed by atoms with Gasteiger partial charge in [0.1, 0.15) is 5.75 Å². The van der Waals surface area contributed by atoms with Gasteiger partial charge in [-0.2, -0.15) is 0 Å². The minimum atomic E-state index is -3.86. The molecule has 0 bridgehead atoms. The van der Waals surface area contributed by atoms with Crippen molar-refractivity contribution < 1.29 is 27.5 Å². The molecule has 170 valence electrons. The van der Waals surface area contributed by atoms with Crippen molar-refractivity contribution in [2.75, 3.05) is 11.1 Å². The first-order chi connectivity index (χ1) is 14.6. The van der Waals surface area contributed by atoms with Crippen LogP contribution >= 0.6 is 0 Å². The standard InChI is InChI=1S/C22H30N2O6S/c1-21(2)20(26)23-17-8-7-15(13-18(17)30-21)19(25)24-31(27,28)14-16-9-12-22(29-16)10-5-3-4-6-11-22/h7-8,13,16H,3-6,9-12,14H2,1-2H3,(H,23,26)(H,24,25). The van der Waals surface area contributed by atoms with Gasteiger partial charge in [-0.05, 0) is 57.7 Å². The summed E-state index contributed by atoms with van der Waals surface area (Å²) in [5.74, 6) is -0.930. The number of sulfonamides is 1. The van der Waals surface area contributed by atoms with Gasteiger partial charge in [0.15, 0.2) is 5.60 Å². The third-order valence-electron chi connectivity index (χ3n) is 6.41. The van der Waals surface area contributed by atoms with Gasteiger partial charge in [-0.15, -0.1) is 0 Å². The third-order valence-corrected chi connectivity index (χ3v) is 7.72. The summed E-state index contributed by atoms with van der Waals surface area (Å²) in [7, 11) is -3.86. The number of fused-ring (bicyclic) bond motifs is 1. The Morgan fingerprint density at radius 1 is 1.16 bits per heavy atom. The second-order valence-electron chi connectivity index (χ2n) is 9.37. The van der Waals surface area contributed by atoms with Gasteiger partial charge in [0, 0.05) is 5.56 Å². The molecule has 1 atom stereocenters. The van der Waals surface area contributed by atoms with Crippen molar-refractivity contribution in [1.82, 2.24) is 4.72 Å². The van der Waals surface area contributed by atoms with E-state index in [2.05, 4.69) is 10.0 Å². The van der Waals surface area contributed by atoms with Gasteiger partial charge in [0.05, 0.1) is 23.1 Å². The molecule has 1 spiro atoms. The van der Waals surface area contributed by atoms with Crippen molar-refractivity contribution in [1.29, 1.82) is 0 Å². The molecule has 9 heteroatoms. The molecule has 1 aromatic carbocycles. The number of ether oxygens (including phenoxy) is 2. The van der Waals surface area contributed by atoms with Crippen LogP contribution in [0, 0.1) is 0 Å². The second kappa shape index (κ2) is 8.09. The second-order valence-corrected chi connectivity index (χ2v) is 11.1. The number of rotatable bonds is 4. The van der Waals surface area contributed by atoms with Crippen LogP contribution in [0.1, 0.15) is 75.6 Å². The number of benzene rings is 1. The van der Waals surface area contributed by atoms with Crippen LogP contribution in [0.2, 0.25) is 0 Å². The highest BCUT2D eigenvalue weighted by Crippen LogP contribution is 2.41. The number of nitrogens with one attached hydrogen (secondary N) is 2. The fraction of sp³-hybridized carbons (Fsp3) is 0.636. The highest BCUT2D eigenvalue weighted by Gasteiger charge is 2.41. The number of hydrogen-bond acceptors (Lipinski definition) is 6. The molecule has 1 aromatic rings. The topological polar surface area (TPSA) is 111 Å². The molecule has 8 nitrogen and oxygen atoms in total. The lowest BCUT2D eigenvalue weighted by Crippen LogP contribution is -2.45. The van der Waals surface area contributed by atoms with Crippen LogP contribution in [0.4, 0.5) is 5.69 Å². The zero-order valence-electron chi connectivity index (χ0n) is 18.0. The summed E-state index contributed by atoms with van der Waals surface area (Å²) in [6.07, 6.45) is 7.79. The van der Waals surface area contributed by atoms with Gasteiger partial charge in [-0.25, -0.2) is 13.1 Å². The Morgan fingerprint density at radius 3 is 2.58 bits per heavy atom. The van der Waals surface area contributed by atoms with Gasteiger partial charge in [-0.1, -0.05) is 25.7 Å². The molecule has 4 rings (SSSR count). The van der Waals surface area contributed by atoms with E-state index in [1.54, 1.807) is 13.8 Å². The van der Waals surface area contributed by atoms with Gasteiger partial charge < -0.3 is 14.8 Å². The fourth-order valence-corrected chi connectivity index (χ4v) is 5.89. The Hall–Kier alpha value is -2.13. The fourth-order valence-electron chi connectivity index (χ4n) is 4.69. The van der Waals surface area contributed by atoms with Crippen molar-refractivity contribution in [2.24, 2.45) is 0 Å². The van der Waals surface area contributed by atoms with Crippen LogP contribution in [-0.2, 0) is 19.6 Å². The molecule has 2 heterocycles. The zero-order chi connectivity index (χ0) is 22.3. The van der Waals surface area contributed by atoms with Gasteiger partial charge >= 0.3 is 0 Å². The monoisotopic (exact) mass is 450 g/mol. The number of anilines is 1. The molecule has 0 aromatic heterocycles. The minimum Gasteiger partial charge on any atom is -0.476 e. The highest BCUT2D eigenvalue weighted by atomic mass is 32.2. The number of hydrogen-bond donors (Lipinski definition) is 2. The summed E-state index contributed by atoms with van der Waals surface area (Å²) in [4.78, 5) is 24.6. The molecule has 2 N–H and O–H groups in total. The predicted octanol–water partition coefficient (Wildman–Crippen LogP) is 3.13. The van der Waals surface area contributed by atoms with Crippen molar-refractivity contribution >= 4 is 27.5 Å². The molecular formula is C22H30N2O6S. The molecule has 3 aliphatic rings. The van der Waals surface area contributed by atoms with Gasteiger partial charge in [0.25, 0.3) is 11.8 Å². The summed E-state index contributed by atoms with van der Waals surface area (Å²) in [5.41, 5.74) is -0.686. The largest absolute Gasteiger partial charge is 0.476 e. The molecule has 1 aliphatic carbocycles. The van der Waals surface area contributed by atoms with E-state index in [0.717, 1.165) is 32.1 Å². The summed E-state index contributed by atoms with van der Waals surface area (Å²) < 4.78 is 39.3. The molecule has 2 aliphatic heterocycles. The first kappa shape index (κ1) is 22.1. The van der Waals surface area contributed by atoms with Crippen LogP contribution in [0.5, 0.6) is 5.75 Å². The van der Waals surface area contributed by atoms with Crippen LogP contribution in [0.15, 0.2) is 18.2 Å². The molecule has 1 saturated carbocycles. The smallest absolute Gasteiger partial charge is 0.268 e. The normalized spacial score (nSPS) is 24.6. The third kappa shape index (κ3) is 4.87. The Bertz CT molecular complexity index is 980. The Kier molecular flexibility index (Phi) is 5.76. The van der Waals surface area contributed by atoms with Crippen molar-refractivity contribution in [2.45, 2.75) is 82.5 Å². The summed E-state index contributed by atoms with van der Waals surface area (Å²) in [6, 6.07) is 4.42. The average molecular weight is 451 g/mol. The number of carbonyl (C=O) groups excluding carboxylic acids is 2. The van der Waals surface area contributed by atoms with E-state index in [-0.39, 0.29) is 22.8 Å². The van der Waals surface area contributed by atoms with Gasteiger partial charge in [-0.3, -0.25) is 9.59 Å². The number of amides is 2. The minimum absolute atomic E-state index is 0.141. The molecule has 31 heavy (non-hydrogen) atoms. The number of carbonyl (C=O) groups is 2. The van der Waals surface area contributed by atoms with Crippen LogP contribution in [0.3, 0.4) is 0 Å². The van der Waals surface area contributed by atoms with E-state index in [1.807, 2.05) is 0 Å². The molecule has 2 fully saturated rings. The van der Waals surface area contributed by atoms with Crippen molar-refractivity contribution in [3.05, 3.63) is 23.8 Å². The summed E-state index contributed by atoms with van der Waals surface area (Å²) in [5, 5.41) is 2.72. The highest BCUT2D eigenvalue weighted by molar-refractivity contribution is 7.90. The Balaban J connectivity index is 1.40. The molecule has 1 unspecified atom stereocenters. The summed E-state index contributed by atoms with van der Waals surface area (Å²) in [6.45, 7) is 3.23. The lowest BCUT2D eigenvalue weighted by atomic mass is 9.91. The van der Waals surface area contributed by atoms with E-state index >= 15 is 0 Å². The quantitative estimate of drug-likeness (QED) is 0.729. The maximum absolute atomic E-state index is 12.6. The van der Waals surface area contributed by atoms with Crippen LogP contribution in [0.25, 0.3) is 0 Å². The molecule has 0 radical (unpaired) electrons. The predicted molar refractivity (Wildman–Crippen MR) is 116 cm³/mol. The Labute approximate surface area is 183 Å². The zero-order valence-corrected chi connectivity index (χ0v) is 18.8. The Morgan fingerprint density at radius 2 is 1.87 bits per heavy atom. The maximum atomic E-state index is 12.6. The molecule has 1 saturated heterocycles. The lowest BCUT2D eigenvalue weighted by molar-refractivity contribution is -0.129. The van der Waals surface area contributed by atoms with Crippen LogP contribution < -0.4 is 14.8 Å². The average Bonchev–Trinajstić information content (AvgIpc) is 2.91. The summed E-state index contributed by atoms with van der Waals surface area (Å²) >= 11 is 0. The van der Waals surface area contributed by atoms with E-state index in [9.17, 15) is 18.0 Å². The lowest BCUT2D eigenvalue weighted by Gasteiger charge is -2.31. The van der Waals surface area contributed by atoms with Crippen LogP contribution in [-0.4, -0.2) is 43.3 Å². The van der Waals surface area contributed by atoms with E-state index in [4.69, 9.17) is 9.47 Å². The van der Waals surface area contributed by atoms with Crippen molar-refractivity contribution in [3.63, 3.8) is 0 Å². The first-order valence-corrected chi connectivity index (χ1v) is 12.6. The molecule has 2 amide bonds. The van der Waals surface area contributed by atoms with E-state index in [1.165, 1.54) is 31.0 Å². The van der Waals surface area contributed by atoms with Gasteiger partial charge in [0.2, 0.25) is 10.0 Å². The SMILES string of the molecule is CC1(C)Oc2cc(C(=O)NS(=O)(=O)CC3CCC4(CCCCCC4)O3)ccc2NC1=O. The first-order valence-electron chi connectivity index (χ1n) is 10.9. The van der Waals surface area contributed by atoms with E-state index < -0.39 is 27.6 Å². The van der Waals surface area contributed by atoms with E-state index in [0.29, 0.717) is 17.9 Å².